The first kappa shape index (κ1) is 15.9. The molecule has 0 fully saturated rings. The second-order valence-electron chi connectivity index (χ2n) is 7.05. The first-order chi connectivity index (χ1) is 12.1. The topological polar surface area (TPSA) is 33.5 Å². The molecule has 0 radical (unpaired) electrons. The van der Waals surface area contributed by atoms with Gasteiger partial charge in [0.2, 0.25) is 5.91 Å². The molecule has 0 N–H and O–H groups in total. The van der Waals surface area contributed by atoms with Crippen molar-refractivity contribution in [2.45, 2.75) is 40.0 Å². The summed E-state index contributed by atoms with van der Waals surface area (Å²) < 4.78 is 5.83. The Balaban J connectivity index is 1.69. The van der Waals surface area contributed by atoms with Crippen LogP contribution in [0.5, 0.6) is 0 Å². The predicted octanol–water partition coefficient (Wildman–Crippen LogP) is 4.88. The van der Waals surface area contributed by atoms with Gasteiger partial charge in [0.25, 0.3) is 0 Å². The number of hydrogen-bond donors (Lipinski definition) is 0. The van der Waals surface area contributed by atoms with E-state index in [4.69, 9.17) is 4.42 Å². The van der Waals surface area contributed by atoms with Crippen molar-refractivity contribution in [1.29, 1.82) is 0 Å². The summed E-state index contributed by atoms with van der Waals surface area (Å²) in [6.07, 6.45) is 4.21. The van der Waals surface area contributed by atoms with Crippen LogP contribution in [-0.2, 0) is 17.6 Å². The van der Waals surface area contributed by atoms with Crippen LogP contribution >= 0.6 is 0 Å². The number of hydrogen-bond acceptors (Lipinski definition) is 2. The van der Waals surface area contributed by atoms with Gasteiger partial charge in [-0.2, -0.15) is 0 Å². The molecule has 2 aromatic carbocycles. The lowest BCUT2D eigenvalue weighted by atomic mass is 9.97. The summed E-state index contributed by atoms with van der Waals surface area (Å²) in [6, 6.07) is 10.4. The van der Waals surface area contributed by atoms with E-state index in [9.17, 15) is 4.79 Å². The maximum absolute atomic E-state index is 13.0. The summed E-state index contributed by atoms with van der Waals surface area (Å²) in [5.41, 5.74) is 7.79. The zero-order chi connectivity index (χ0) is 17.6. The van der Waals surface area contributed by atoms with Gasteiger partial charge in [0.05, 0.1) is 12.7 Å². The molecule has 2 heterocycles. The number of para-hydroxylation sites is 1. The molecule has 1 aliphatic heterocycles. The van der Waals surface area contributed by atoms with Gasteiger partial charge in [-0.1, -0.05) is 24.3 Å². The van der Waals surface area contributed by atoms with Crippen LogP contribution in [0.3, 0.4) is 0 Å². The highest BCUT2D eigenvalue weighted by Crippen LogP contribution is 2.32. The summed E-state index contributed by atoms with van der Waals surface area (Å²) in [5, 5.41) is 1.10. The van der Waals surface area contributed by atoms with Crippen LogP contribution in [0, 0.1) is 20.8 Å². The molecule has 0 aliphatic carbocycles. The van der Waals surface area contributed by atoms with Crippen LogP contribution in [0.4, 0.5) is 5.69 Å². The zero-order valence-corrected chi connectivity index (χ0v) is 15.1. The summed E-state index contributed by atoms with van der Waals surface area (Å²) in [7, 11) is 0. The summed E-state index contributed by atoms with van der Waals surface area (Å²) in [4.78, 5) is 15.0. The van der Waals surface area contributed by atoms with Crippen LogP contribution < -0.4 is 4.90 Å². The molecule has 0 spiro atoms. The molecule has 3 heteroatoms. The molecule has 1 aliphatic rings. The van der Waals surface area contributed by atoms with E-state index in [0.29, 0.717) is 6.42 Å². The molecular formula is C22H23NO2. The Kier molecular flexibility index (Phi) is 3.87. The smallest absolute Gasteiger partial charge is 0.231 e. The second kappa shape index (κ2) is 6.07. The standard InChI is InChI=1S/C22H23NO2/c1-14-11-15(2)21-18(13-25-22(21)16(14)3)12-20(24)23-10-6-8-17-7-4-5-9-19(17)23/h4-5,7,9,11,13H,6,8,10,12H2,1-3H3. The number of amides is 1. The van der Waals surface area contributed by atoms with Gasteiger partial charge in [-0.25, -0.2) is 0 Å². The third-order valence-electron chi connectivity index (χ3n) is 5.38. The summed E-state index contributed by atoms with van der Waals surface area (Å²) in [5.74, 6) is 0.146. The number of furan rings is 1. The molecule has 4 rings (SSSR count). The number of fused-ring (bicyclic) bond motifs is 2. The Labute approximate surface area is 148 Å². The molecule has 128 valence electrons. The number of aryl methyl sites for hydroxylation is 4. The number of anilines is 1. The van der Waals surface area contributed by atoms with E-state index in [1.165, 1.54) is 16.7 Å². The third-order valence-corrected chi connectivity index (χ3v) is 5.38. The van der Waals surface area contributed by atoms with Crippen molar-refractivity contribution in [3.05, 3.63) is 64.4 Å². The van der Waals surface area contributed by atoms with Crippen LogP contribution in [-0.4, -0.2) is 12.5 Å². The third kappa shape index (κ3) is 2.64. The number of carbonyl (C=O) groups excluding carboxylic acids is 1. The number of nitrogens with zero attached hydrogens (tertiary/aromatic N) is 1. The lowest BCUT2D eigenvalue weighted by Gasteiger charge is -2.29. The highest BCUT2D eigenvalue weighted by Gasteiger charge is 2.24. The zero-order valence-electron chi connectivity index (χ0n) is 15.1. The number of benzene rings is 2. The lowest BCUT2D eigenvalue weighted by molar-refractivity contribution is -0.118. The van der Waals surface area contributed by atoms with Gasteiger partial charge in [-0.15, -0.1) is 0 Å². The van der Waals surface area contributed by atoms with Crippen molar-refractivity contribution >= 4 is 22.6 Å². The SMILES string of the molecule is Cc1cc(C)c2c(CC(=O)N3CCCc4ccccc43)coc2c1C. The van der Waals surface area contributed by atoms with E-state index >= 15 is 0 Å². The Morgan fingerprint density at radius 2 is 1.96 bits per heavy atom. The fourth-order valence-electron chi connectivity index (χ4n) is 3.97. The Bertz CT molecular complexity index is 968. The monoisotopic (exact) mass is 333 g/mol. The van der Waals surface area contributed by atoms with Crippen molar-refractivity contribution in [1.82, 2.24) is 0 Å². The summed E-state index contributed by atoms with van der Waals surface area (Å²) in [6.45, 7) is 7.06. The van der Waals surface area contributed by atoms with Crippen molar-refractivity contribution in [3.63, 3.8) is 0 Å². The van der Waals surface area contributed by atoms with E-state index < -0.39 is 0 Å². The number of carbonyl (C=O) groups is 1. The Hall–Kier alpha value is -2.55. The van der Waals surface area contributed by atoms with Crippen molar-refractivity contribution < 1.29 is 9.21 Å². The van der Waals surface area contributed by atoms with Gasteiger partial charge in [0, 0.05) is 23.2 Å². The first-order valence-electron chi connectivity index (χ1n) is 8.91. The molecule has 3 aromatic rings. The average Bonchev–Trinajstić information content (AvgIpc) is 3.03. The molecule has 25 heavy (non-hydrogen) atoms. The van der Waals surface area contributed by atoms with Gasteiger partial charge in [-0.3, -0.25) is 4.79 Å². The normalized spacial score (nSPS) is 14.0. The van der Waals surface area contributed by atoms with Crippen molar-refractivity contribution in [2.75, 3.05) is 11.4 Å². The average molecular weight is 333 g/mol. The maximum Gasteiger partial charge on any atom is 0.231 e. The van der Waals surface area contributed by atoms with Gasteiger partial charge in [0.1, 0.15) is 5.58 Å². The van der Waals surface area contributed by atoms with Gasteiger partial charge >= 0.3 is 0 Å². The predicted molar refractivity (Wildman–Crippen MR) is 101 cm³/mol. The van der Waals surface area contributed by atoms with Crippen LogP contribution in [0.15, 0.2) is 41.0 Å². The second-order valence-corrected chi connectivity index (χ2v) is 7.05. The highest BCUT2D eigenvalue weighted by molar-refractivity contribution is 5.99. The molecule has 3 nitrogen and oxygen atoms in total. The molecule has 0 saturated carbocycles. The van der Waals surface area contributed by atoms with E-state index in [1.807, 2.05) is 17.0 Å². The molecule has 1 aromatic heterocycles. The van der Waals surface area contributed by atoms with Crippen LogP contribution in [0.2, 0.25) is 0 Å². The quantitative estimate of drug-likeness (QED) is 0.670. The number of rotatable bonds is 2. The van der Waals surface area contributed by atoms with Gasteiger partial charge in [0.15, 0.2) is 0 Å². The minimum Gasteiger partial charge on any atom is -0.464 e. The molecule has 0 saturated heterocycles. The van der Waals surface area contributed by atoms with E-state index in [1.54, 1.807) is 6.26 Å². The molecule has 0 unspecified atom stereocenters. The van der Waals surface area contributed by atoms with E-state index in [0.717, 1.165) is 47.2 Å². The lowest BCUT2D eigenvalue weighted by Crippen LogP contribution is -2.36. The fraction of sp³-hybridized carbons (Fsp3) is 0.318. The fourth-order valence-corrected chi connectivity index (χ4v) is 3.97. The van der Waals surface area contributed by atoms with E-state index in [2.05, 4.69) is 39.0 Å². The molecule has 0 bridgehead atoms. The molecular weight excluding hydrogens is 310 g/mol. The van der Waals surface area contributed by atoms with Crippen molar-refractivity contribution in [2.24, 2.45) is 0 Å². The van der Waals surface area contributed by atoms with Crippen LogP contribution in [0.25, 0.3) is 11.0 Å². The summed E-state index contributed by atoms with van der Waals surface area (Å²) >= 11 is 0. The molecule has 1 amide bonds. The highest BCUT2D eigenvalue weighted by atomic mass is 16.3. The largest absolute Gasteiger partial charge is 0.464 e. The molecule has 0 atom stereocenters. The minimum atomic E-state index is 0.146. The van der Waals surface area contributed by atoms with Gasteiger partial charge < -0.3 is 9.32 Å². The van der Waals surface area contributed by atoms with Gasteiger partial charge in [-0.05, 0) is 61.9 Å². The Morgan fingerprint density at radius 1 is 1.16 bits per heavy atom. The Morgan fingerprint density at radius 3 is 2.80 bits per heavy atom. The van der Waals surface area contributed by atoms with Crippen LogP contribution in [0.1, 0.15) is 34.2 Å². The minimum absolute atomic E-state index is 0.146. The van der Waals surface area contributed by atoms with Crippen molar-refractivity contribution in [3.8, 4) is 0 Å². The first-order valence-corrected chi connectivity index (χ1v) is 8.91. The maximum atomic E-state index is 13.0. The van der Waals surface area contributed by atoms with E-state index in [-0.39, 0.29) is 5.91 Å².